The van der Waals surface area contributed by atoms with E-state index in [1.54, 1.807) is 7.11 Å². The molecule has 1 atom stereocenters. The van der Waals surface area contributed by atoms with Crippen LogP contribution in [0.4, 0.5) is 0 Å². The van der Waals surface area contributed by atoms with E-state index in [2.05, 4.69) is 0 Å². The molecule has 64 valence electrons. The number of hydrogen-bond donors (Lipinski definition) is 0. The molecule has 1 heterocycles. The molecule has 0 saturated carbocycles. The standard InChI is InChI=1S/C8H14O3/c1-10-8(7-9)3-2-5-11-6-4-8/h7H,2-6H2,1H3. The summed E-state index contributed by atoms with van der Waals surface area (Å²) in [6.07, 6.45) is 3.29. The van der Waals surface area contributed by atoms with Gasteiger partial charge in [0.1, 0.15) is 5.60 Å². The van der Waals surface area contributed by atoms with E-state index in [-0.39, 0.29) is 0 Å². The van der Waals surface area contributed by atoms with Gasteiger partial charge in [0.15, 0.2) is 6.29 Å². The number of rotatable bonds is 2. The van der Waals surface area contributed by atoms with Crippen molar-refractivity contribution in [3.8, 4) is 0 Å². The number of ether oxygens (including phenoxy) is 2. The van der Waals surface area contributed by atoms with Gasteiger partial charge in [-0.05, 0) is 12.8 Å². The molecule has 0 amide bonds. The molecule has 1 fully saturated rings. The summed E-state index contributed by atoms with van der Waals surface area (Å²) in [7, 11) is 1.58. The minimum atomic E-state index is -0.559. The third kappa shape index (κ3) is 2.01. The lowest BCUT2D eigenvalue weighted by atomic mass is 9.97. The third-order valence-corrected chi connectivity index (χ3v) is 2.18. The zero-order valence-electron chi connectivity index (χ0n) is 6.84. The van der Waals surface area contributed by atoms with E-state index < -0.39 is 5.60 Å². The highest BCUT2D eigenvalue weighted by molar-refractivity contribution is 5.62. The van der Waals surface area contributed by atoms with Gasteiger partial charge < -0.3 is 14.3 Å². The van der Waals surface area contributed by atoms with E-state index in [1.807, 2.05) is 0 Å². The van der Waals surface area contributed by atoms with E-state index >= 15 is 0 Å². The first-order valence-electron chi connectivity index (χ1n) is 3.92. The summed E-state index contributed by atoms with van der Waals surface area (Å²) in [4.78, 5) is 10.7. The maximum atomic E-state index is 10.7. The molecule has 1 saturated heterocycles. The Labute approximate surface area is 66.7 Å². The predicted octanol–water partition coefficient (Wildman–Crippen LogP) is 0.771. The van der Waals surface area contributed by atoms with E-state index in [9.17, 15) is 4.79 Å². The van der Waals surface area contributed by atoms with E-state index in [4.69, 9.17) is 9.47 Å². The zero-order valence-corrected chi connectivity index (χ0v) is 6.84. The topological polar surface area (TPSA) is 35.5 Å². The fourth-order valence-corrected chi connectivity index (χ4v) is 1.32. The first-order chi connectivity index (χ1) is 5.33. The van der Waals surface area contributed by atoms with Crippen molar-refractivity contribution in [1.29, 1.82) is 0 Å². The Morgan fingerprint density at radius 2 is 2.27 bits per heavy atom. The molecule has 0 bridgehead atoms. The monoisotopic (exact) mass is 158 g/mol. The van der Waals surface area contributed by atoms with Crippen LogP contribution in [0, 0.1) is 0 Å². The predicted molar refractivity (Wildman–Crippen MR) is 40.5 cm³/mol. The Morgan fingerprint density at radius 1 is 1.45 bits per heavy atom. The maximum absolute atomic E-state index is 10.7. The third-order valence-electron chi connectivity index (χ3n) is 2.18. The lowest BCUT2D eigenvalue weighted by Crippen LogP contribution is -2.33. The average Bonchev–Trinajstić information content (AvgIpc) is 2.30. The molecule has 0 radical (unpaired) electrons. The summed E-state index contributed by atoms with van der Waals surface area (Å²) in [5.74, 6) is 0. The minimum Gasteiger partial charge on any atom is -0.381 e. The van der Waals surface area contributed by atoms with Gasteiger partial charge in [-0.3, -0.25) is 0 Å². The molecule has 11 heavy (non-hydrogen) atoms. The van der Waals surface area contributed by atoms with Gasteiger partial charge in [0, 0.05) is 26.7 Å². The van der Waals surface area contributed by atoms with Gasteiger partial charge in [-0.25, -0.2) is 0 Å². The molecule has 3 nitrogen and oxygen atoms in total. The molecule has 0 spiro atoms. The summed E-state index contributed by atoms with van der Waals surface area (Å²) < 4.78 is 10.4. The van der Waals surface area contributed by atoms with Gasteiger partial charge in [-0.15, -0.1) is 0 Å². The summed E-state index contributed by atoms with van der Waals surface area (Å²) in [6.45, 7) is 1.38. The van der Waals surface area contributed by atoms with Crippen molar-refractivity contribution >= 4 is 6.29 Å². The van der Waals surface area contributed by atoms with Crippen LogP contribution in [0.1, 0.15) is 19.3 Å². The molecule has 0 aliphatic carbocycles. The smallest absolute Gasteiger partial charge is 0.151 e. The van der Waals surface area contributed by atoms with Crippen molar-refractivity contribution in [2.24, 2.45) is 0 Å². The Bertz CT molecular complexity index is 125. The number of carbonyl (C=O) groups is 1. The van der Waals surface area contributed by atoms with Crippen molar-refractivity contribution in [3.05, 3.63) is 0 Å². The van der Waals surface area contributed by atoms with Gasteiger partial charge in [0.05, 0.1) is 0 Å². The van der Waals surface area contributed by atoms with Crippen molar-refractivity contribution in [1.82, 2.24) is 0 Å². The van der Waals surface area contributed by atoms with Crippen molar-refractivity contribution in [2.45, 2.75) is 24.9 Å². The van der Waals surface area contributed by atoms with Crippen LogP contribution in [0.2, 0.25) is 0 Å². The van der Waals surface area contributed by atoms with Gasteiger partial charge in [-0.2, -0.15) is 0 Å². The number of carbonyl (C=O) groups excluding carboxylic acids is 1. The van der Waals surface area contributed by atoms with Crippen LogP contribution in [0.3, 0.4) is 0 Å². The van der Waals surface area contributed by atoms with Crippen LogP contribution in [-0.2, 0) is 14.3 Å². The molecule has 0 aromatic heterocycles. The molecule has 0 aromatic rings. The van der Waals surface area contributed by atoms with Gasteiger partial charge in [0.25, 0.3) is 0 Å². The Balaban J connectivity index is 2.55. The van der Waals surface area contributed by atoms with E-state index in [0.29, 0.717) is 13.0 Å². The summed E-state index contributed by atoms with van der Waals surface area (Å²) >= 11 is 0. The largest absolute Gasteiger partial charge is 0.381 e. The normalized spacial score (nSPS) is 32.8. The SMILES string of the molecule is COC1(C=O)CCCOCC1. The van der Waals surface area contributed by atoms with E-state index in [0.717, 1.165) is 25.7 Å². The van der Waals surface area contributed by atoms with Crippen LogP contribution in [-0.4, -0.2) is 32.2 Å². The van der Waals surface area contributed by atoms with Crippen LogP contribution in [0.25, 0.3) is 0 Å². The van der Waals surface area contributed by atoms with Crippen LogP contribution >= 0.6 is 0 Å². The minimum absolute atomic E-state index is 0.559. The quantitative estimate of drug-likeness (QED) is 0.557. The molecule has 1 aliphatic heterocycles. The zero-order chi connectivity index (χ0) is 8.16. The molecule has 0 N–H and O–H groups in total. The fourth-order valence-electron chi connectivity index (χ4n) is 1.32. The highest BCUT2D eigenvalue weighted by atomic mass is 16.5. The Morgan fingerprint density at radius 3 is 2.91 bits per heavy atom. The van der Waals surface area contributed by atoms with Crippen LogP contribution in [0.5, 0.6) is 0 Å². The summed E-state index contributed by atoms with van der Waals surface area (Å²) in [6, 6.07) is 0. The second kappa shape index (κ2) is 3.83. The van der Waals surface area contributed by atoms with Gasteiger partial charge in [0.2, 0.25) is 0 Å². The molecule has 3 heteroatoms. The maximum Gasteiger partial charge on any atom is 0.151 e. The highest BCUT2D eigenvalue weighted by Crippen LogP contribution is 2.22. The fraction of sp³-hybridized carbons (Fsp3) is 0.875. The second-order valence-corrected chi connectivity index (χ2v) is 2.85. The van der Waals surface area contributed by atoms with E-state index in [1.165, 1.54) is 0 Å². The average molecular weight is 158 g/mol. The molecule has 0 aromatic carbocycles. The van der Waals surface area contributed by atoms with Crippen LogP contribution in [0.15, 0.2) is 0 Å². The van der Waals surface area contributed by atoms with Crippen molar-refractivity contribution in [2.75, 3.05) is 20.3 Å². The summed E-state index contributed by atoms with van der Waals surface area (Å²) in [5.41, 5.74) is -0.559. The molecular weight excluding hydrogens is 144 g/mol. The lowest BCUT2D eigenvalue weighted by Gasteiger charge is -2.23. The Kier molecular flexibility index (Phi) is 3.02. The molecular formula is C8H14O3. The number of hydrogen-bond acceptors (Lipinski definition) is 3. The summed E-state index contributed by atoms with van der Waals surface area (Å²) in [5, 5.41) is 0. The van der Waals surface area contributed by atoms with Gasteiger partial charge >= 0.3 is 0 Å². The number of aldehydes is 1. The first-order valence-corrected chi connectivity index (χ1v) is 3.92. The van der Waals surface area contributed by atoms with Crippen molar-refractivity contribution < 1.29 is 14.3 Å². The Hall–Kier alpha value is -0.410. The lowest BCUT2D eigenvalue weighted by molar-refractivity contribution is -0.129. The second-order valence-electron chi connectivity index (χ2n) is 2.85. The molecule has 1 aliphatic rings. The van der Waals surface area contributed by atoms with Gasteiger partial charge in [-0.1, -0.05) is 0 Å². The molecule has 1 unspecified atom stereocenters. The molecule has 1 rings (SSSR count). The van der Waals surface area contributed by atoms with Crippen molar-refractivity contribution in [3.63, 3.8) is 0 Å². The number of methoxy groups -OCH3 is 1. The first kappa shape index (κ1) is 8.68. The highest BCUT2D eigenvalue weighted by Gasteiger charge is 2.30. The van der Waals surface area contributed by atoms with Crippen LogP contribution < -0.4 is 0 Å².